The van der Waals surface area contributed by atoms with E-state index in [4.69, 9.17) is 0 Å². The monoisotopic (exact) mass is 410 g/mol. The van der Waals surface area contributed by atoms with Crippen LogP contribution >= 0.6 is 0 Å². The van der Waals surface area contributed by atoms with Crippen LogP contribution in [0.25, 0.3) is 0 Å². The first-order valence-electron chi connectivity index (χ1n) is 6.12. The predicted octanol–water partition coefficient (Wildman–Crippen LogP) is 5.43. The highest BCUT2D eigenvalue weighted by molar-refractivity contribution is 5.33. The average Bonchev–Trinajstić information content (AvgIpc) is 2.43. The summed E-state index contributed by atoms with van der Waals surface area (Å²) in [4.78, 5) is 0. The summed E-state index contributed by atoms with van der Waals surface area (Å²) in [5.41, 5.74) is 0. The van der Waals surface area contributed by atoms with Crippen molar-refractivity contribution in [2.24, 2.45) is 0 Å². The Bertz CT molecular complexity index is 560. The van der Waals surface area contributed by atoms with Gasteiger partial charge in [0.2, 0.25) is 0 Å². The summed E-state index contributed by atoms with van der Waals surface area (Å²) in [7, 11) is 0. The average molecular weight is 410 g/mol. The fourth-order valence-corrected chi connectivity index (χ4v) is 1.40. The number of hydrogen-bond acceptors (Lipinski definition) is 2. The van der Waals surface area contributed by atoms with E-state index in [-0.39, 0.29) is 6.07 Å². The third-order valence-corrected chi connectivity index (χ3v) is 2.48. The van der Waals surface area contributed by atoms with Gasteiger partial charge in [0.05, 0.1) is 0 Å². The topological polar surface area (TPSA) is 18.5 Å². The Balaban J connectivity index is 2.99. The molecule has 0 N–H and O–H groups in total. The molecule has 2 nitrogen and oxygen atoms in total. The summed E-state index contributed by atoms with van der Waals surface area (Å²) in [6, 6.07) is 1.42. The van der Waals surface area contributed by atoms with Crippen LogP contribution in [-0.4, -0.2) is 36.9 Å². The Labute approximate surface area is 136 Å². The Morgan fingerprint density at radius 2 is 0.923 bits per heavy atom. The van der Waals surface area contributed by atoms with E-state index in [0.717, 1.165) is 0 Å². The molecule has 0 saturated heterocycles. The minimum absolute atomic E-state index is 0.00594. The SMILES string of the molecule is FC(C(F)(F)F)C(F)(F)Oc1cccc(OC(F)(F)C(F)C(F)(F)F)c1. The van der Waals surface area contributed by atoms with Crippen LogP contribution in [0.4, 0.5) is 52.7 Å². The van der Waals surface area contributed by atoms with Crippen LogP contribution in [0, 0.1) is 0 Å². The first-order valence-corrected chi connectivity index (χ1v) is 6.12. The summed E-state index contributed by atoms with van der Waals surface area (Å²) >= 11 is 0. The summed E-state index contributed by atoms with van der Waals surface area (Å²) in [6.45, 7) is 0. The molecule has 2 unspecified atom stereocenters. The molecule has 1 aromatic rings. The zero-order chi connectivity index (χ0) is 20.6. The lowest BCUT2D eigenvalue weighted by atomic mass is 10.3. The highest BCUT2D eigenvalue weighted by Gasteiger charge is 2.60. The Hall–Kier alpha value is -2.02. The van der Waals surface area contributed by atoms with E-state index < -0.39 is 48.4 Å². The molecule has 150 valence electrons. The maximum atomic E-state index is 13.0. The van der Waals surface area contributed by atoms with Crippen LogP contribution in [0.5, 0.6) is 11.5 Å². The first kappa shape index (κ1) is 22.0. The highest BCUT2D eigenvalue weighted by atomic mass is 19.4. The molecule has 0 amide bonds. The van der Waals surface area contributed by atoms with Crippen molar-refractivity contribution in [3.8, 4) is 11.5 Å². The van der Waals surface area contributed by atoms with Gasteiger partial charge < -0.3 is 9.47 Å². The van der Waals surface area contributed by atoms with Crippen molar-refractivity contribution in [1.82, 2.24) is 0 Å². The number of alkyl halides is 12. The van der Waals surface area contributed by atoms with E-state index in [2.05, 4.69) is 9.47 Å². The van der Waals surface area contributed by atoms with Gasteiger partial charge in [-0.25, -0.2) is 8.78 Å². The van der Waals surface area contributed by atoms with Gasteiger partial charge in [0, 0.05) is 6.07 Å². The lowest BCUT2D eigenvalue weighted by Crippen LogP contribution is -2.46. The van der Waals surface area contributed by atoms with Gasteiger partial charge in [0.1, 0.15) is 11.5 Å². The summed E-state index contributed by atoms with van der Waals surface area (Å²) in [6.07, 6.45) is -32.6. The largest absolute Gasteiger partial charge is 0.439 e. The number of halogens is 12. The standard InChI is InChI=1S/C12H6F12O2/c13-7(9(15,16)17)11(21,22)25-5-2-1-3-6(4-5)26-12(23,24)8(14)10(18,19)20/h1-4,7-8H. The molecule has 0 aliphatic rings. The second kappa shape index (κ2) is 6.95. The number of benzene rings is 1. The molecule has 0 fully saturated rings. The van der Waals surface area contributed by atoms with Crippen molar-refractivity contribution in [2.75, 3.05) is 0 Å². The van der Waals surface area contributed by atoms with E-state index in [1.165, 1.54) is 0 Å². The predicted molar refractivity (Wildman–Crippen MR) is 59.5 cm³/mol. The fourth-order valence-electron chi connectivity index (χ4n) is 1.40. The number of ether oxygens (including phenoxy) is 2. The minimum atomic E-state index is -6.03. The smallest absolute Gasteiger partial charge is 0.430 e. The quantitative estimate of drug-likeness (QED) is 0.583. The van der Waals surface area contributed by atoms with Crippen molar-refractivity contribution in [2.45, 2.75) is 36.9 Å². The molecule has 0 saturated carbocycles. The third-order valence-electron chi connectivity index (χ3n) is 2.48. The lowest BCUT2D eigenvalue weighted by Gasteiger charge is -2.24. The van der Waals surface area contributed by atoms with Gasteiger partial charge >= 0.3 is 24.6 Å². The van der Waals surface area contributed by atoms with Gasteiger partial charge in [-0.1, -0.05) is 6.07 Å². The Kier molecular flexibility index (Phi) is 5.88. The zero-order valence-electron chi connectivity index (χ0n) is 11.8. The molecule has 26 heavy (non-hydrogen) atoms. The van der Waals surface area contributed by atoms with Gasteiger partial charge in [-0.2, -0.15) is 43.9 Å². The van der Waals surface area contributed by atoms with Crippen molar-refractivity contribution in [1.29, 1.82) is 0 Å². The van der Waals surface area contributed by atoms with E-state index in [0.29, 0.717) is 18.2 Å². The molecular weight excluding hydrogens is 404 g/mol. The second-order valence-electron chi connectivity index (χ2n) is 4.61. The van der Waals surface area contributed by atoms with Crippen LogP contribution in [-0.2, 0) is 0 Å². The number of hydrogen-bond donors (Lipinski definition) is 0. The second-order valence-corrected chi connectivity index (χ2v) is 4.61. The summed E-state index contributed by atoms with van der Waals surface area (Å²) in [5, 5.41) is 0. The fraction of sp³-hybridized carbons (Fsp3) is 0.500. The molecule has 1 rings (SSSR count). The van der Waals surface area contributed by atoms with Crippen LogP contribution in [0.1, 0.15) is 0 Å². The Morgan fingerprint density at radius 1 is 0.615 bits per heavy atom. The molecule has 0 aliphatic heterocycles. The molecule has 0 aliphatic carbocycles. The van der Waals surface area contributed by atoms with Gasteiger partial charge in [-0.3, -0.25) is 0 Å². The van der Waals surface area contributed by atoms with Gasteiger partial charge in [-0.05, 0) is 12.1 Å². The molecule has 2 atom stereocenters. The van der Waals surface area contributed by atoms with Gasteiger partial charge in [0.15, 0.2) is 0 Å². The summed E-state index contributed by atoms with van der Waals surface area (Å²) in [5.74, 6) is -2.73. The lowest BCUT2D eigenvalue weighted by molar-refractivity contribution is -0.305. The van der Waals surface area contributed by atoms with E-state index in [1.54, 1.807) is 0 Å². The highest BCUT2D eigenvalue weighted by Crippen LogP contribution is 2.39. The normalized spacial score (nSPS) is 16.2. The minimum Gasteiger partial charge on any atom is -0.430 e. The van der Waals surface area contributed by atoms with E-state index in [9.17, 15) is 52.7 Å². The molecule has 0 aromatic heterocycles. The van der Waals surface area contributed by atoms with Crippen molar-refractivity contribution in [3.05, 3.63) is 24.3 Å². The van der Waals surface area contributed by atoms with Crippen LogP contribution in [0.3, 0.4) is 0 Å². The van der Waals surface area contributed by atoms with Crippen molar-refractivity contribution >= 4 is 0 Å². The maximum absolute atomic E-state index is 13.0. The van der Waals surface area contributed by atoms with E-state index in [1.807, 2.05) is 0 Å². The van der Waals surface area contributed by atoms with Crippen LogP contribution in [0.2, 0.25) is 0 Å². The molecule has 14 heteroatoms. The molecule has 1 aromatic carbocycles. The molecule has 0 bridgehead atoms. The van der Waals surface area contributed by atoms with E-state index >= 15 is 0 Å². The molecular formula is C12H6F12O2. The third kappa shape index (κ3) is 5.49. The molecule has 0 radical (unpaired) electrons. The molecule has 0 spiro atoms. The van der Waals surface area contributed by atoms with Crippen LogP contribution < -0.4 is 9.47 Å². The Morgan fingerprint density at radius 3 is 1.19 bits per heavy atom. The zero-order valence-corrected chi connectivity index (χ0v) is 11.8. The van der Waals surface area contributed by atoms with Crippen molar-refractivity contribution < 1.29 is 62.2 Å². The van der Waals surface area contributed by atoms with Gasteiger partial charge in [-0.15, -0.1) is 0 Å². The summed E-state index contributed by atoms with van der Waals surface area (Å²) < 4.78 is 156. The van der Waals surface area contributed by atoms with Crippen LogP contribution in [0.15, 0.2) is 24.3 Å². The van der Waals surface area contributed by atoms with Gasteiger partial charge in [0.25, 0.3) is 12.3 Å². The maximum Gasteiger partial charge on any atom is 0.439 e. The van der Waals surface area contributed by atoms with Crippen molar-refractivity contribution in [3.63, 3.8) is 0 Å². The first-order chi connectivity index (χ1) is 11.5. The molecule has 0 heterocycles. The number of rotatable bonds is 6.